The predicted molar refractivity (Wildman–Crippen MR) is 158 cm³/mol. The van der Waals surface area contributed by atoms with Gasteiger partial charge in [-0.3, -0.25) is 0 Å². The Bertz CT molecular complexity index is 1950. The third kappa shape index (κ3) is 4.70. The molecule has 4 heterocycles. The van der Waals surface area contributed by atoms with Crippen molar-refractivity contribution in [1.82, 2.24) is 29.4 Å². The van der Waals surface area contributed by atoms with E-state index in [4.69, 9.17) is 29.1 Å². The van der Waals surface area contributed by atoms with E-state index in [0.717, 1.165) is 33.6 Å². The van der Waals surface area contributed by atoms with Crippen molar-refractivity contribution in [3.05, 3.63) is 119 Å². The van der Waals surface area contributed by atoms with E-state index < -0.39 is 0 Å². The van der Waals surface area contributed by atoms with Gasteiger partial charge in [-0.05, 0) is 42.3 Å². The quantitative estimate of drug-likeness (QED) is 0.174. The van der Waals surface area contributed by atoms with Crippen LogP contribution in [0.1, 0.15) is 39.7 Å². The molecule has 0 fully saturated rings. The molecule has 3 aromatic carbocycles. The van der Waals surface area contributed by atoms with Gasteiger partial charge < -0.3 is 19.0 Å². The summed E-state index contributed by atoms with van der Waals surface area (Å²) in [4.78, 5) is 15.0. The van der Waals surface area contributed by atoms with E-state index in [2.05, 4.69) is 15.2 Å². The minimum atomic E-state index is -0.346. The summed E-state index contributed by atoms with van der Waals surface area (Å²) in [6.07, 6.45) is 3.24. The molecule has 0 saturated heterocycles. The number of aromatic nitrogens is 6. The largest absolute Gasteiger partial charge is 0.493 e. The van der Waals surface area contributed by atoms with Crippen LogP contribution >= 0.6 is 0 Å². The first kappa shape index (κ1) is 26.2. The second kappa shape index (κ2) is 10.9. The Balaban J connectivity index is 1.34. The van der Waals surface area contributed by atoms with Gasteiger partial charge in [0.25, 0.3) is 0 Å². The van der Waals surface area contributed by atoms with E-state index in [0.29, 0.717) is 34.7 Å². The monoisotopic (exact) mass is 573 g/mol. The van der Waals surface area contributed by atoms with Gasteiger partial charge in [-0.25, -0.2) is 19.2 Å². The van der Waals surface area contributed by atoms with Gasteiger partial charge in [0.1, 0.15) is 6.33 Å². The molecule has 0 bridgehead atoms. The van der Waals surface area contributed by atoms with E-state index in [1.807, 2.05) is 85.8 Å². The zero-order valence-electron chi connectivity index (χ0n) is 23.7. The fraction of sp³-hybridized carbons (Fsp3) is 0.156. The topological polar surface area (TPSA) is 110 Å². The molecule has 0 spiro atoms. The summed E-state index contributed by atoms with van der Waals surface area (Å²) in [5.41, 5.74) is 5.79. The van der Waals surface area contributed by atoms with Crippen molar-refractivity contribution in [3.63, 3.8) is 0 Å². The van der Waals surface area contributed by atoms with Crippen molar-refractivity contribution in [2.24, 2.45) is 5.16 Å². The number of oxime groups is 1. The van der Waals surface area contributed by atoms with Gasteiger partial charge in [-0.2, -0.15) is 5.10 Å². The number of ether oxygens (including phenoxy) is 3. The molecule has 1 aliphatic rings. The van der Waals surface area contributed by atoms with Crippen molar-refractivity contribution >= 4 is 11.9 Å². The van der Waals surface area contributed by atoms with Gasteiger partial charge >= 0.3 is 0 Å². The molecule has 0 radical (unpaired) electrons. The van der Waals surface area contributed by atoms with E-state index >= 15 is 0 Å². The average Bonchev–Trinajstić information content (AvgIpc) is 3.63. The summed E-state index contributed by atoms with van der Waals surface area (Å²) in [5, 5.41) is 13.6. The Labute approximate surface area is 246 Å². The summed E-state index contributed by atoms with van der Waals surface area (Å²) in [6.45, 7) is 2.06. The number of methoxy groups -OCH3 is 2. The molecule has 6 aromatic rings. The second-order valence-corrected chi connectivity index (χ2v) is 9.88. The second-order valence-electron chi connectivity index (χ2n) is 9.88. The number of fused-ring (bicyclic) bond motifs is 4. The minimum absolute atomic E-state index is 0.0812. The van der Waals surface area contributed by atoms with Crippen LogP contribution in [0.3, 0.4) is 0 Å². The first-order valence-corrected chi connectivity index (χ1v) is 13.6. The highest BCUT2D eigenvalue weighted by Crippen LogP contribution is 2.50. The van der Waals surface area contributed by atoms with Crippen LogP contribution in [0.15, 0.2) is 90.3 Å². The highest BCUT2D eigenvalue weighted by atomic mass is 16.6. The van der Waals surface area contributed by atoms with Crippen molar-refractivity contribution in [1.29, 1.82) is 0 Å². The van der Waals surface area contributed by atoms with E-state index in [1.54, 1.807) is 36.0 Å². The van der Waals surface area contributed by atoms with Gasteiger partial charge in [0, 0.05) is 0 Å². The summed E-state index contributed by atoms with van der Waals surface area (Å²) in [7, 11) is 3.24. The lowest BCUT2D eigenvalue weighted by Crippen LogP contribution is -2.16. The summed E-state index contributed by atoms with van der Waals surface area (Å²) in [6, 6.07) is 25.4. The first-order chi connectivity index (χ1) is 21.1. The molecule has 0 amide bonds. The molecular weight excluding hydrogens is 546 g/mol. The number of benzene rings is 3. The van der Waals surface area contributed by atoms with Crippen LogP contribution in [0.2, 0.25) is 0 Å². The number of nitrogens with zero attached hydrogens (tertiary/aromatic N) is 7. The molecule has 0 unspecified atom stereocenters. The number of hydrogen-bond acceptors (Lipinski definition) is 9. The first-order valence-electron chi connectivity index (χ1n) is 13.6. The van der Waals surface area contributed by atoms with Crippen LogP contribution in [0.4, 0.5) is 0 Å². The maximum absolute atomic E-state index is 6.50. The molecule has 0 saturated carbocycles. The maximum Gasteiger partial charge on any atom is 0.230 e. The Morgan fingerprint density at radius 2 is 1.67 bits per heavy atom. The fourth-order valence-electron chi connectivity index (χ4n) is 5.33. The van der Waals surface area contributed by atoms with Gasteiger partial charge in [-0.15, -0.1) is 5.10 Å². The lowest BCUT2D eigenvalue weighted by atomic mass is 9.84. The normalized spacial score (nSPS) is 13.9. The smallest absolute Gasteiger partial charge is 0.230 e. The fourth-order valence-corrected chi connectivity index (χ4v) is 5.33. The Morgan fingerprint density at radius 3 is 2.44 bits per heavy atom. The summed E-state index contributed by atoms with van der Waals surface area (Å²) in [5.74, 6) is 2.35. The lowest BCUT2D eigenvalue weighted by Gasteiger charge is -2.26. The molecule has 1 atom stereocenters. The van der Waals surface area contributed by atoms with Gasteiger partial charge in [0.15, 0.2) is 29.6 Å². The minimum Gasteiger partial charge on any atom is -0.493 e. The Morgan fingerprint density at radius 1 is 0.907 bits per heavy atom. The van der Waals surface area contributed by atoms with Crippen molar-refractivity contribution < 1.29 is 19.0 Å². The predicted octanol–water partition coefficient (Wildman–Crippen LogP) is 5.47. The lowest BCUT2D eigenvalue weighted by molar-refractivity contribution is 0.126. The van der Waals surface area contributed by atoms with Crippen molar-refractivity contribution in [3.8, 4) is 28.9 Å². The molecular formula is C32H27N7O4. The summed E-state index contributed by atoms with van der Waals surface area (Å²) < 4.78 is 21.1. The average molecular weight is 574 g/mol. The van der Waals surface area contributed by atoms with Crippen LogP contribution in [-0.4, -0.2) is 49.8 Å². The number of hydrogen-bond donors (Lipinski definition) is 0. The van der Waals surface area contributed by atoms with Gasteiger partial charge in [0.2, 0.25) is 11.8 Å². The van der Waals surface area contributed by atoms with E-state index in [1.165, 1.54) is 0 Å². The molecule has 3 aromatic heterocycles. The van der Waals surface area contributed by atoms with Crippen molar-refractivity contribution in [2.45, 2.75) is 19.4 Å². The third-order valence-electron chi connectivity index (χ3n) is 7.28. The number of rotatable bonds is 8. The number of para-hydroxylation sites is 1. The van der Waals surface area contributed by atoms with Crippen LogP contribution in [0.5, 0.6) is 23.3 Å². The molecule has 214 valence electrons. The van der Waals surface area contributed by atoms with Gasteiger partial charge in [-0.1, -0.05) is 59.8 Å². The third-order valence-corrected chi connectivity index (χ3v) is 7.28. The SMILES string of the molecule is COc1ccc([C@@H]2c3c(C)nn(-c4ccccc4)c3Oc3ncn4nc(CO/N=C\c5ccccc5)nc4c32)cc1OC. The highest BCUT2D eigenvalue weighted by molar-refractivity contribution is 5.78. The van der Waals surface area contributed by atoms with Crippen LogP contribution < -0.4 is 14.2 Å². The number of aryl methyl sites for hydroxylation is 1. The zero-order chi connectivity index (χ0) is 29.3. The molecule has 0 N–H and O–H groups in total. The molecule has 11 nitrogen and oxygen atoms in total. The molecule has 11 heteroatoms. The molecule has 7 rings (SSSR count). The maximum atomic E-state index is 6.50. The molecule has 1 aliphatic heterocycles. The molecule has 43 heavy (non-hydrogen) atoms. The standard InChI is InChI=1S/C32H27N7O4/c1-20-27-28(22-14-15-24(40-2)25(16-22)41-3)29-30-35-26(18-42-34-17-21-10-6-4-7-11-21)37-38(30)19-33-31(29)43-32(27)39(36-20)23-12-8-5-9-13-23/h4-17,19,28H,18H2,1-3H3/b34-17-/t28-/m1/s1. The van der Waals surface area contributed by atoms with Crippen LogP contribution in [-0.2, 0) is 11.4 Å². The zero-order valence-corrected chi connectivity index (χ0v) is 23.7. The van der Waals surface area contributed by atoms with Crippen LogP contribution in [0, 0.1) is 6.92 Å². The van der Waals surface area contributed by atoms with Crippen LogP contribution in [0.25, 0.3) is 11.3 Å². The molecule has 0 aliphatic carbocycles. The van der Waals surface area contributed by atoms with Gasteiger partial charge in [0.05, 0.1) is 48.9 Å². The Hall–Kier alpha value is -5.71. The van der Waals surface area contributed by atoms with Crippen molar-refractivity contribution in [2.75, 3.05) is 14.2 Å². The summed E-state index contributed by atoms with van der Waals surface area (Å²) >= 11 is 0. The van der Waals surface area contributed by atoms with E-state index in [-0.39, 0.29) is 12.5 Å². The Kier molecular flexibility index (Phi) is 6.66. The highest BCUT2D eigenvalue weighted by Gasteiger charge is 2.38. The van der Waals surface area contributed by atoms with E-state index in [9.17, 15) is 0 Å².